The second kappa shape index (κ2) is 8.79. The number of rotatable bonds is 8. The summed E-state index contributed by atoms with van der Waals surface area (Å²) in [5, 5.41) is 3.14. The number of amides is 1. The lowest BCUT2D eigenvalue weighted by Gasteiger charge is -2.13. The normalized spacial score (nSPS) is 12.2. The van der Waals surface area contributed by atoms with Crippen molar-refractivity contribution >= 4 is 28.9 Å². The number of benzene rings is 1. The van der Waals surface area contributed by atoms with E-state index in [-0.39, 0.29) is 18.4 Å². The van der Waals surface area contributed by atoms with Gasteiger partial charge in [-0.1, -0.05) is 11.6 Å². The Morgan fingerprint density at radius 1 is 1.50 bits per heavy atom. The van der Waals surface area contributed by atoms with Crippen molar-refractivity contribution in [2.24, 2.45) is 0 Å². The lowest BCUT2D eigenvalue weighted by molar-refractivity contribution is -0.118. The Labute approximate surface area is 124 Å². The van der Waals surface area contributed by atoms with Crippen LogP contribution in [0, 0.1) is 0 Å². The van der Waals surface area contributed by atoms with Crippen molar-refractivity contribution in [3.8, 4) is 0 Å². The van der Waals surface area contributed by atoms with Gasteiger partial charge in [-0.15, -0.1) is 0 Å². The lowest BCUT2D eigenvalue weighted by atomic mass is 10.2. The predicted molar refractivity (Wildman–Crippen MR) is 81.0 cm³/mol. The van der Waals surface area contributed by atoms with Gasteiger partial charge in [0.2, 0.25) is 5.91 Å². The molecule has 0 spiro atoms. The summed E-state index contributed by atoms with van der Waals surface area (Å²) in [6, 6.07) is 4.95. The molecule has 3 N–H and O–H groups in total. The van der Waals surface area contributed by atoms with Crippen LogP contribution in [0.1, 0.15) is 20.3 Å². The maximum Gasteiger partial charge on any atom is 0.226 e. The van der Waals surface area contributed by atoms with Crippen LogP contribution in [0.3, 0.4) is 0 Å². The molecule has 0 bridgehead atoms. The summed E-state index contributed by atoms with van der Waals surface area (Å²) in [7, 11) is 0. The van der Waals surface area contributed by atoms with Crippen LogP contribution in [0.15, 0.2) is 18.2 Å². The van der Waals surface area contributed by atoms with Gasteiger partial charge >= 0.3 is 0 Å². The molecule has 6 heteroatoms. The van der Waals surface area contributed by atoms with E-state index in [1.165, 1.54) is 0 Å². The molecule has 0 fully saturated rings. The van der Waals surface area contributed by atoms with Crippen LogP contribution < -0.4 is 11.1 Å². The largest absolute Gasteiger partial charge is 0.399 e. The first-order chi connectivity index (χ1) is 9.52. The minimum atomic E-state index is -0.153. The summed E-state index contributed by atoms with van der Waals surface area (Å²) in [6.45, 7) is 5.36. The number of ether oxygens (including phenoxy) is 2. The minimum Gasteiger partial charge on any atom is -0.399 e. The average Bonchev–Trinajstić information content (AvgIpc) is 2.39. The number of halogens is 1. The minimum absolute atomic E-state index is 0.0251. The summed E-state index contributed by atoms with van der Waals surface area (Å²) >= 11 is 5.97. The zero-order chi connectivity index (χ0) is 15.0. The van der Waals surface area contributed by atoms with E-state index in [0.29, 0.717) is 36.2 Å². The molecule has 1 amide bonds. The van der Waals surface area contributed by atoms with Gasteiger partial charge in [-0.25, -0.2) is 0 Å². The number of anilines is 2. The summed E-state index contributed by atoms with van der Waals surface area (Å²) < 4.78 is 10.7. The van der Waals surface area contributed by atoms with E-state index in [2.05, 4.69) is 5.32 Å². The van der Waals surface area contributed by atoms with Crippen molar-refractivity contribution in [1.82, 2.24) is 0 Å². The molecule has 1 atom stereocenters. The van der Waals surface area contributed by atoms with E-state index in [9.17, 15) is 4.79 Å². The Hall–Kier alpha value is -1.30. The van der Waals surface area contributed by atoms with Crippen molar-refractivity contribution in [2.75, 3.05) is 30.9 Å². The second-order valence-corrected chi connectivity index (χ2v) is 4.79. The van der Waals surface area contributed by atoms with Gasteiger partial charge in [-0.2, -0.15) is 0 Å². The monoisotopic (exact) mass is 300 g/mol. The van der Waals surface area contributed by atoms with Crippen LogP contribution in [0.25, 0.3) is 0 Å². The highest BCUT2D eigenvalue weighted by molar-refractivity contribution is 6.34. The van der Waals surface area contributed by atoms with Crippen LogP contribution in [-0.2, 0) is 14.3 Å². The summed E-state index contributed by atoms with van der Waals surface area (Å²) in [5.41, 5.74) is 6.69. The SMILES string of the molecule is CCOCC(C)OCCC(=O)Nc1ccc(N)cc1Cl. The Kier molecular flexibility index (Phi) is 7.36. The maximum atomic E-state index is 11.7. The Morgan fingerprint density at radius 3 is 2.90 bits per heavy atom. The van der Waals surface area contributed by atoms with E-state index in [0.717, 1.165) is 0 Å². The van der Waals surface area contributed by atoms with Gasteiger partial charge in [0.1, 0.15) is 0 Å². The molecular formula is C14H21ClN2O3. The molecule has 0 saturated heterocycles. The van der Waals surface area contributed by atoms with Gasteiger partial charge < -0.3 is 20.5 Å². The first kappa shape index (κ1) is 16.8. The fourth-order valence-corrected chi connectivity index (χ4v) is 1.77. The molecule has 5 nitrogen and oxygen atoms in total. The molecule has 0 aliphatic rings. The van der Waals surface area contributed by atoms with Crippen LogP contribution in [0.4, 0.5) is 11.4 Å². The molecular weight excluding hydrogens is 280 g/mol. The second-order valence-electron chi connectivity index (χ2n) is 4.38. The summed E-state index contributed by atoms with van der Waals surface area (Å²) in [6.07, 6.45) is 0.236. The quantitative estimate of drug-likeness (QED) is 0.724. The van der Waals surface area contributed by atoms with E-state index in [1.54, 1.807) is 18.2 Å². The van der Waals surface area contributed by atoms with Gasteiger partial charge in [-0.3, -0.25) is 4.79 Å². The highest BCUT2D eigenvalue weighted by atomic mass is 35.5. The Balaban J connectivity index is 2.30. The van der Waals surface area contributed by atoms with E-state index < -0.39 is 0 Å². The molecule has 0 saturated carbocycles. The van der Waals surface area contributed by atoms with Crippen LogP contribution in [0.5, 0.6) is 0 Å². The zero-order valence-corrected chi connectivity index (χ0v) is 12.6. The van der Waals surface area contributed by atoms with Gasteiger partial charge in [0, 0.05) is 12.3 Å². The molecule has 0 aromatic heterocycles. The van der Waals surface area contributed by atoms with Crippen molar-refractivity contribution in [3.05, 3.63) is 23.2 Å². The predicted octanol–water partition coefficient (Wildman–Crippen LogP) is 2.69. The number of nitrogens with two attached hydrogens (primary N) is 1. The first-order valence-electron chi connectivity index (χ1n) is 6.57. The smallest absolute Gasteiger partial charge is 0.226 e. The third-order valence-corrected chi connectivity index (χ3v) is 2.87. The molecule has 1 unspecified atom stereocenters. The number of hydrogen-bond acceptors (Lipinski definition) is 4. The summed E-state index contributed by atoms with van der Waals surface area (Å²) in [4.78, 5) is 11.7. The Morgan fingerprint density at radius 2 is 2.25 bits per heavy atom. The average molecular weight is 301 g/mol. The van der Waals surface area contributed by atoms with Gasteiger partial charge in [0.25, 0.3) is 0 Å². The number of hydrogen-bond donors (Lipinski definition) is 2. The fourth-order valence-electron chi connectivity index (χ4n) is 1.53. The molecule has 20 heavy (non-hydrogen) atoms. The zero-order valence-electron chi connectivity index (χ0n) is 11.8. The van der Waals surface area contributed by atoms with E-state index in [1.807, 2.05) is 13.8 Å². The number of nitrogen functional groups attached to an aromatic ring is 1. The van der Waals surface area contributed by atoms with Crippen molar-refractivity contribution < 1.29 is 14.3 Å². The molecule has 1 aromatic carbocycles. The van der Waals surface area contributed by atoms with Crippen molar-refractivity contribution in [3.63, 3.8) is 0 Å². The highest BCUT2D eigenvalue weighted by Gasteiger charge is 2.08. The van der Waals surface area contributed by atoms with E-state index in [4.69, 9.17) is 26.8 Å². The van der Waals surface area contributed by atoms with Crippen LogP contribution in [0.2, 0.25) is 5.02 Å². The molecule has 1 aromatic rings. The third kappa shape index (κ3) is 6.23. The van der Waals surface area contributed by atoms with Crippen LogP contribution >= 0.6 is 11.6 Å². The molecule has 0 radical (unpaired) electrons. The van der Waals surface area contributed by atoms with Gasteiger partial charge in [0.05, 0.1) is 36.4 Å². The molecule has 112 valence electrons. The molecule has 0 heterocycles. The van der Waals surface area contributed by atoms with Crippen LogP contribution in [-0.4, -0.2) is 31.8 Å². The molecule has 1 rings (SSSR count). The number of nitrogens with one attached hydrogen (secondary N) is 1. The van der Waals surface area contributed by atoms with Crippen molar-refractivity contribution in [2.45, 2.75) is 26.4 Å². The van der Waals surface area contributed by atoms with E-state index >= 15 is 0 Å². The summed E-state index contributed by atoms with van der Waals surface area (Å²) in [5.74, 6) is -0.153. The first-order valence-corrected chi connectivity index (χ1v) is 6.95. The third-order valence-electron chi connectivity index (χ3n) is 2.56. The topological polar surface area (TPSA) is 73.6 Å². The molecule has 0 aliphatic carbocycles. The maximum absolute atomic E-state index is 11.7. The highest BCUT2D eigenvalue weighted by Crippen LogP contribution is 2.24. The van der Waals surface area contributed by atoms with Gasteiger partial charge in [-0.05, 0) is 32.0 Å². The lowest BCUT2D eigenvalue weighted by Crippen LogP contribution is -2.20. The van der Waals surface area contributed by atoms with Crippen molar-refractivity contribution in [1.29, 1.82) is 0 Å². The van der Waals surface area contributed by atoms with Gasteiger partial charge in [0.15, 0.2) is 0 Å². The fraction of sp³-hybridized carbons (Fsp3) is 0.500. The molecule has 0 aliphatic heterocycles. The standard InChI is InChI=1S/C14H21ClN2O3/c1-3-19-9-10(2)20-7-6-14(18)17-13-5-4-11(16)8-12(13)15/h4-5,8,10H,3,6-7,9,16H2,1-2H3,(H,17,18). The Bertz CT molecular complexity index is 440. The number of carbonyl (C=O) groups excluding carboxylic acids is 1. The number of carbonyl (C=O) groups is 1.